The maximum atomic E-state index is 2.55. The third-order valence-corrected chi connectivity index (χ3v) is 16.5. The fourth-order valence-corrected chi connectivity index (χ4v) is 12.9. The van der Waals surface area contributed by atoms with Gasteiger partial charge in [0.1, 0.15) is 0 Å². The molecule has 4 heteroatoms. The van der Waals surface area contributed by atoms with E-state index in [9.17, 15) is 0 Å². The summed E-state index contributed by atoms with van der Waals surface area (Å²) in [6.45, 7) is -0.118. The Labute approximate surface area is 453 Å². The Morgan fingerprint density at radius 2 is 0.654 bits per heavy atom. The molecule has 1 aromatic heterocycles. The lowest BCUT2D eigenvalue weighted by Crippen LogP contribution is -2.61. The maximum Gasteiger partial charge on any atom is 0.252 e. The molecule has 16 rings (SSSR count). The van der Waals surface area contributed by atoms with E-state index >= 15 is 0 Å². The van der Waals surface area contributed by atoms with E-state index in [1.807, 2.05) is 0 Å². The summed E-state index contributed by atoms with van der Waals surface area (Å²) in [7, 11) is 0. The van der Waals surface area contributed by atoms with Crippen LogP contribution in [0.25, 0.3) is 93.5 Å². The topological polar surface area (TPSA) is 11.4 Å². The molecule has 0 fully saturated rings. The quantitative estimate of drug-likeness (QED) is 0.147. The van der Waals surface area contributed by atoms with Gasteiger partial charge in [-0.1, -0.05) is 224 Å². The summed E-state index contributed by atoms with van der Waals surface area (Å²) in [5, 5.41) is 7.42. The lowest BCUT2D eigenvalue weighted by atomic mass is 9.33. The molecule has 0 amide bonds. The van der Waals surface area contributed by atoms with Crippen molar-refractivity contribution in [2.75, 3.05) is 9.80 Å². The standard InChI is InChI=1S/C74H48BN3/c1-5-17-49(18-6-1)53-29-36-60(37-30-53)76-67-40-34-58(51-21-9-3-10-22-51)44-65(67)75-66-45-59(52-23-11-4-12-24-52)35-41-68(66)77(61-38-31-54(32-39-61)50-19-7-2-8-20-50)72-48-62(47-71(76)74(72)75)78-69-42-33-55-25-15-16-28-63(55)73(69)64-43-56-26-13-14-27-57(56)46-70(64)78/h1-48H. The van der Waals surface area contributed by atoms with Gasteiger partial charge in [-0.2, -0.15) is 0 Å². The molecule has 13 aromatic carbocycles. The second-order valence-electron chi connectivity index (χ2n) is 20.8. The Morgan fingerprint density at radius 1 is 0.244 bits per heavy atom. The van der Waals surface area contributed by atoms with Crippen LogP contribution in [-0.2, 0) is 0 Å². The molecule has 0 N–H and O–H groups in total. The van der Waals surface area contributed by atoms with Crippen LogP contribution in [0.15, 0.2) is 291 Å². The van der Waals surface area contributed by atoms with Crippen LogP contribution in [0.2, 0.25) is 0 Å². The first-order chi connectivity index (χ1) is 38.7. The van der Waals surface area contributed by atoms with E-state index in [0.717, 1.165) is 28.4 Å². The van der Waals surface area contributed by atoms with Gasteiger partial charge >= 0.3 is 0 Å². The van der Waals surface area contributed by atoms with Crippen molar-refractivity contribution in [1.82, 2.24) is 4.57 Å². The lowest BCUT2D eigenvalue weighted by molar-refractivity contribution is 1.16. The highest BCUT2D eigenvalue weighted by Crippen LogP contribution is 2.48. The highest BCUT2D eigenvalue weighted by Gasteiger charge is 2.44. The summed E-state index contributed by atoms with van der Waals surface area (Å²) >= 11 is 0. The van der Waals surface area contributed by atoms with E-state index in [0.29, 0.717) is 0 Å². The fourth-order valence-electron chi connectivity index (χ4n) is 12.9. The zero-order valence-electron chi connectivity index (χ0n) is 42.6. The predicted molar refractivity (Wildman–Crippen MR) is 332 cm³/mol. The normalized spacial score (nSPS) is 12.5. The first-order valence-electron chi connectivity index (χ1n) is 27.0. The first kappa shape index (κ1) is 44.2. The molecule has 0 radical (unpaired) electrons. The molecule has 3 heterocycles. The van der Waals surface area contributed by atoms with Gasteiger partial charge in [0.25, 0.3) is 6.71 Å². The van der Waals surface area contributed by atoms with Crippen molar-refractivity contribution >= 4 is 101 Å². The van der Waals surface area contributed by atoms with Crippen molar-refractivity contribution < 1.29 is 0 Å². The molecular weight excluding hydrogens is 942 g/mol. The molecule has 362 valence electrons. The molecule has 0 spiro atoms. The third-order valence-electron chi connectivity index (χ3n) is 16.5. The molecule has 0 aliphatic carbocycles. The van der Waals surface area contributed by atoms with Gasteiger partial charge in [-0.25, -0.2) is 0 Å². The van der Waals surface area contributed by atoms with Crippen LogP contribution < -0.4 is 26.2 Å². The highest BCUT2D eigenvalue weighted by atomic mass is 15.2. The van der Waals surface area contributed by atoms with Gasteiger partial charge in [0.2, 0.25) is 0 Å². The molecule has 2 aliphatic rings. The van der Waals surface area contributed by atoms with Crippen LogP contribution in [-0.4, -0.2) is 11.3 Å². The van der Waals surface area contributed by atoms with E-state index < -0.39 is 0 Å². The van der Waals surface area contributed by atoms with Crippen LogP contribution in [0, 0.1) is 0 Å². The Kier molecular flexibility index (Phi) is 10.0. The zero-order chi connectivity index (χ0) is 51.3. The molecule has 2 aliphatic heterocycles. The predicted octanol–water partition coefficient (Wildman–Crippen LogP) is 17.8. The molecule has 0 atom stereocenters. The fraction of sp³-hybridized carbons (Fsp3) is 0. The summed E-state index contributed by atoms with van der Waals surface area (Å²) < 4.78 is 2.55. The van der Waals surface area contributed by atoms with Gasteiger partial charge in [-0.15, -0.1) is 0 Å². The van der Waals surface area contributed by atoms with Crippen LogP contribution in [0.1, 0.15) is 0 Å². The van der Waals surface area contributed by atoms with E-state index in [-0.39, 0.29) is 6.71 Å². The number of aromatic nitrogens is 1. The van der Waals surface area contributed by atoms with Crippen LogP contribution in [0.5, 0.6) is 0 Å². The maximum absolute atomic E-state index is 2.55. The summed E-state index contributed by atoms with van der Waals surface area (Å²) in [4.78, 5) is 5.11. The Hall–Kier alpha value is -10.2. The molecule has 0 unspecified atom stereocenters. The Balaban J connectivity index is 1.03. The van der Waals surface area contributed by atoms with Crippen molar-refractivity contribution in [3.05, 3.63) is 291 Å². The highest BCUT2D eigenvalue weighted by molar-refractivity contribution is 7.00. The summed E-state index contributed by atoms with van der Waals surface area (Å²) in [5.41, 5.74) is 23.6. The molecule has 0 saturated heterocycles. The first-order valence-corrected chi connectivity index (χ1v) is 27.0. The number of benzene rings is 13. The SMILES string of the molecule is c1ccc(-c2ccc(N3c4ccc(-c5ccccc5)cc4B4c5cc(-c6ccccc6)ccc5N(c5ccc(-c6ccccc6)cc5)c5cc(-n6c7cc8ccccc8cc7c7c8ccccc8ccc76)cc3c54)cc2)cc1. The molecule has 0 saturated carbocycles. The number of hydrogen-bond donors (Lipinski definition) is 0. The van der Waals surface area contributed by atoms with Crippen molar-refractivity contribution in [3.63, 3.8) is 0 Å². The zero-order valence-corrected chi connectivity index (χ0v) is 42.6. The van der Waals surface area contributed by atoms with Crippen molar-refractivity contribution in [1.29, 1.82) is 0 Å². The van der Waals surface area contributed by atoms with Crippen LogP contribution in [0.4, 0.5) is 34.1 Å². The number of anilines is 6. The van der Waals surface area contributed by atoms with Gasteiger partial charge in [-0.3, -0.25) is 0 Å². The smallest absolute Gasteiger partial charge is 0.252 e. The lowest BCUT2D eigenvalue weighted by Gasteiger charge is -2.44. The van der Waals surface area contributed by atoms with Crippen molar-refractivity contribution in [2.24, 2.45) is 0 Å². The second kappa shape index (κ2) is 17.7. The van der Waals surface area contributed by atoms with E-state index in [2.05, 4.69) is 306 Å². The molecule has 3 nitrogen and oxygen atoms in total. The van der Waals surface area contributed by atoms with Crippen LogP contribution >= 0.6 is 0 Å². The van der Waals surface area contributed by atoms with E-state index in [4.69, 9.17) is 0 Å². The van der Waals surface area contributed by atoms with Gasteiger partial charge < -0.3 is 14.4 Å². The van der Waals surface area contributed by atoms with Gasteiger partial charge in [-0.05, 0) is 149 Å². The van der Waals surface area contributed by atoms with Crippen molar-refractivity contribution in [2.45, 2.75) is 0 Å². The minimum absolute atomic E-state index is 0.118. The van der Waals surface area contributed by atoms with Gasteiger partial charge in [0.05, 0.1) is 16.7 Å². The Bertz CT molecular complexity index is 4450. The van der Waals surface area contributed by atoms with Gasteiger partial charge in [0, 0.05) is 44.9 Å². The molecule has 0 bridgehead atoms. The van der Waals surface area contributed by atoms with E-state index in [1.54, 1.807) is 0 Å². The number of nitrogens with zero attached hydrogens (tertiary/aromatic N) is 3. The largest absolute Gasteiger partial charge is 0.311 e. The average molecular weight is 990 g/mol. The third kappa shape index (κ3) is 7.00. The Morgan fingerprint density at radius 3 is 1.15 bits per heavy atom. The minimum atomic E-state index is -0.118. The molecule has 78 heavy (non-hydrogen) atoms. The number of hydrogen-bond acceptors (Lipinski definition) is 2. The average Bonchev–Trinajstić information content (AvgIpc) is 3.16. The van der Waals surface area contributed by atoms with Crippen LogP contribution in [0.3, 0.4) is 0 Å². The molecule has 14 aromatic rings. The monoisotopic (exact) mass is 989 g/mol. The molecular formula is C74H48BN3. The number of rotatable bonds is 7. The summed E-state index contributed by atoms with van der Waals surface area (Å²) in [6.07, 6.45) is 0. The van der Waals surface area contributed by atoms with Gasteiger partial charge in [0.15, 0.2) is 0 Å². The summed E-state index contributed by atoms with van der Waals surface area (Å²) in [5.74, 6) is 0. The van der Waals surface area contributed by atoms with E-state index in [1.165, 1.54) is 116 Å². The minimum Gasteiger partial charge on any atom is -0.311 e. The second-order valence-corrected chi connectivity index (χ2v) is 20.8. The summed E-state index contributed by atoms with van der Waals surface area (Å²) in [6, 6.07) is 108. The number of fused-ring (bicyclic) bond motifs is 10. The van der Waals surface area contributed by atoms with Crippen molar-refractivity contribution in [3.8, 4) is 50.2 Å².